The second kappa shape index (κ2) is 7.62. The van der Waals surface area contributed by atoms with Crippen LogP contribution in [-0.2, 0) is 9.53 Å². The van der Waals surface area contributed by atoms with Crippen molar-refractivity contribution in [1.29, 1.82) is 0 Å². The summed E-state index contributed by atoms with van der Waals surface area (Å²) in [5.74, 6) is 0.491. The van der Waals surface area contributed by atoms with Crippen LogP contribution in [0.1, 0.15) is 11.6 Å². The van der Waals surface area contributed by atoms with E-state index in [1.165, 1.54) is 21.3 Å². The standard InChI is InChI=1S/C12H14BrN3O4/c1-18-8-5-4-7(6-9(8)19-2)11(15-16-14)10(13)12(17)20-3/h4-6,10-11H,1-3H3/t10-,11-/m0/s1. The minimum atomic E-state index is -0.790. The van der Waals surface area contributed by atoms with E-state index < -0.39 is 16.8 Å². The molecular formula is C12H14BrN3O4. The van der Waals surface area contributed by atoms with E-state index in [0.29, 0.717) is 17.1 Å². The van der Waals surface area contributed by atoms with Gasteiger partial charge in [0, 0.05) is 4.91 Å². The number of ether oxygens (including phenoxy) is 3. The lowest BCUT2D eigenvalue weighted by atomic mass is 10.0. The number of nitrogens with zero attached hydrogens (tertiary/aromatic N) is 3. The highest BCUT2D eigenvalue weighted by Gasteiger charge is 2.28. The third-order valence-electron chi connectivity index (χ3n) is 2.63. The lowest BCUT2D eigenvalue weighted by Crippen LogP contribution is -2.22. The number of benzene rings is 1. The van der Waals surface area contributed by atoms with Crippen molar-refractivity contribution in [3.05, 3.63) is 34.2 Å². The van der Waals surface area contributed by atoms with Crippen LogP contribution in [0.4, 0.5) is 0 Å². The van der Waals surface area contributed by atoms with Crippen LogP contribution < -0.4 is 9.47 Å². The summed E-state index contributed by atoms with van der Waals surface area (Å²) in [6.45, 7) is 0. The van der Waals surface area contributed by atoms with E-state index in [9.17, 15) is 4.79 Å². The molecule has 0 aromatic heterocycles. The zero-order valence-electron chi connectivity index (χ0n) is 11.2. The van der Waals surface area contributed by atoms with Gasteiger partial charge < -0.3 is 14.2 Å². The summed E-state index contributed by atoms with van der Waals surface area (Å²) in [6.07, 6.45) is 0. The molecule has 20 heavy (non-hydrogen) atoms. The fourth-order valence-corrected chi connectivity index (χ4v) is 2.23. The largest absolute Gasteiger partial charge is 0.493 e. The van der Waals surface area contributed by atoms with Crippen LogP contribution in [0.5, 0.6) is 11.5 Å². The average Bonchev–Trinajstić information content (AvgIpc) is 2.50. The number of hydrogen-bond donors (Lipinski definition) is 0. The molecule has 0 fully saturated rings. The second-order valence-corrected chi connectivity index (χ2v) is 4.68. The van der Waals surface area contributed by atoms with E-state index in [4.69, 9.17) is 15.0 Å². The van der Waals surface area contributed by atoms with Crippen LogP contribution in [0.2, 0.25) is 0 Å². The van der Waals surface area contributed by atoms with Crippen LogP contribution in [0.3, 0.4) is 0 Å². The topological polar surface area (TPSA) is 93.5 Å². The van der Waals surface area contributed by atoms with E-state index in [1.807, 2.05) is 0 Å². The van der Waals surface area contributed by atoms with Gasteiger partial charge in [0.15, 0.2) is 11.5 Å². The Morgan fingerprint density at radius 2 is 1.95 bits per heavy atom. The van der Waals surface area contributed by atoms with E-state index in [2.05, 4.69) is 30.7 Å². The first kappa shape index (κ1) is 16.1. The number of alkyl halides is 1. The molecule has 7 nitrogen and oxygen atoms in total. The smallest absolute Gasteiger partial charge is 0.320 e. The summed E-state index contributed by atoms with van der Waals surface area (Å²) in [7, 11) is 4.28. The minimum Gasteiger partial charge on any atom is -0.493 e. The molecule has 0 aliphatic carbocycles. The summed E-state index contributed by atoms with van der Waals surface area (Å²) in [6, 6.07) is 4.26. The Bertz CT molecular complexity index is 531. The van der Waals surface area contributed by atoms with Gasteiger partial charge in [0.1, 0.15) is 4.83 Å². The van der Waals surface area contributed by atoms with Crippen molar-refractivity contribution in [2.45, 2.75) is 10.9 Å². The van der Waals surface area contributed by atoms with E-state index >= 15 is 0 Å². The van der Waals surface area contributed by atoms with Crippen molar-refractivity contribution in [3.63, 3.8) is 0 Å². The number of methoxy groups -OCH3 is 3. The second-order valence-electron chi connectivity index (χ2n) is 3.69. The molecule has 0 heterocycles. The number of carbonyl (C=O) groups is 1. The molecule has 0 bridgehead atoms. The first-order chi connectivity index (χ1) is 9.58. The number of esters is 1. The van der Waals surface area contributed by atoms with Crippen molar-refractivity contribution < 1.29 is 19.0 Å². The normalized spacial score (nSPS) is 12.8. The van der Waals surface area contributed by atoms with Crippen LogP contribution in [0, 0.1) is 0 Å². The summed E-state index contributed by atoms with van der Waals surface area (Å²) in [5.41, 5.74) is 9.26. The molecule has 0 saturated carbocycles. The highest BCUT2D eigenvalue weighted by atomic mass is 79.9. The van der Waals surface area contributed by atoms with Crippen LogP contribution in [-0.4, -0.2) is 32.1 Å². The third-order valence-corrected chi connectivity index (χ3v) is 3.50. The maximum Gasteiger partial charge on any atom is 0.320 e. The maximum absolute atomic E-state index is 11.6. The lowest BCUT2D eigenvalue weighted by molar-refractivity contribution is -0.140. The molecule has 1 aromatic carbocycles. The van der Waals surface area contributed by atoms with Gasteiger partial charge in [-0.05, 0) is 23.2 Å². The van der Waals surface area contributed by atoms with Crippen molar-refractivity contribution in [2.75, 3.05) is 21.3 Å². The van der Waals surface area contributed by atoms with Crippen LogP contribution in [0.25, 0.3) is 10.4 Å². The fourth-order valence-electron chi connectivity index (χ4n) is 1.63. The van der Waals surface area contributed by atoms with Gasteiger partial charge in [0.2, 0.25) is 0 Å². The quantitative estimate of drug-likeness (QED) is 0.261. The number of hydrogen-bond acceptors (Lipinski definition) is 5. The molecule has 0 N–H and O–H groups in total. The van der Waals surface area contributed by atoms with Gasteiger partial charge in [-0.25, -0.2) is 0 Å². The molecule has 0 saturated heterocycles. The fraction of sp³-hybridized carbons (Fsp3) is 0.417. The highest BCUT2D eigenvalue weighted by Crippen LogP contribution is 2.34. The molecule has 0 spiro atoms. The molecule has 0 unspecified atom stereocenters. The number of halogens is 1. The summed E-state index contributed by atoms with van der Waals surface area (Å²) >= 11 is 3.18. The first-order valence-corrected chi connectivity index (χ1v) is 6.48. The highest BCUT2D eigenvalue weighted by molar-refractivity contribution is 9.10. The van der Waals surface area contributed by atoms with E-state index in [0.717, 1.165) is 0 Å². The SMILES string of the molecule is COC(=O)[C@@H](Br)[C@@H](N=[N+]=[N-])c1ccc(OC)c(OC)c1. The molecule has 8 heteroatoms. The number of rotatable bonds is 6. The van der Waals surface area contributed by atoms with Gasteiger partial charge in [-0.3, -0.25) is 4.79 Å². The Morgan fingerprint density at radius 1 is 1.30 bits per heavy atom. The molecule has 108 valence electrons. The van der Waals surface area contributed by atoms with Crippen molar-refractivity contribution in [3.8, 4) is 11.5 Å². The Hall–Kier alpha value is -1.92. The zero-order chi connectivity index (χ0) is 15.1. The Labute approximate surface area is 124 Å². The third kappa shape index (κ3) is 3.55. The molecule has 1 aromatic rings. The molecule has 2 atom stereocenters. The van der Waals surface area contributed by atoms with Gasteiger partial charge >= 0.3 is 5.97 Å². The van der Waals surface area contributed by atoms with Gasteiger partial charge in [-0.15, -0.1) is 0 Å². The zero-order valence-corrected chi connectivity index (χ0v) is 12.8. The van der Waals surface area contributed by atoms with Gasteiger partial charge in [-0.1, -0.05) is 27.1 Å². The summed E-state index contributed by atoms with van der Waals surface area (Å²) in [4.78, 5) is 13.5. The van der Waals surface area contributed by atoms with Crippen molar-refractivity contribution in [2.24, 2.45) is 5.11 Å². The average molecular weight is 344 g/mol. The molecule has 0 aliphatic heterocycles. The molecular weight excluding hydrogens is 330 g/mol. The minimum absolute atomic E-state index is 0.479. The monoisotopic (exact) mass is 343 g/mol. The van der Waals surface area contributed by atoms with Crippen molar-refractivity contribution in [1.82, 2.24) is 0 Å². The lowest BCUT2D eigenvalue weighted by Gasteiger charge is -2.17. The molecule has 0 radical (unpaired) electrons. The number of azide groups is 1. The summed E-state index contributed by atoms with van der Waals surface area (Å²) in [5, 5.41) is 3.63. The maximum atomic E-state index is 11.6. The summed E-state index contributed by atoms with van der Waals surface area (Å²) < 4.78 is 14.9. The Kier molecular flexibility index (Phi) is 6.14. The Balaban J connectivity index is 3.21. The predicted molar refractivity (Wildman–Crippen MR) is 76.2 cm³/mol. The van der Waals surface area contributed by atoms with Crippen LogP contribution in [0.15, 0.2) is 23.3 Å². The Morgan fingerprint density at radius 3 is 2.45 bits per heavy atom. The van der Waals surface area contributed by atoms with Gasteiger partial charge in [0.25, 0.3) is 0 Å². The molecule has 1 rings (SSSR count). The first-order valence-electron chi connectivity index (χ1n) is 5.57. The molecule has 0 aliphatic rings. The molecule has 0 amide bonds. The van der Waals surface area contributed by atoms with Crippen LogP contribution >= 0.6 is 15.9 Å². The van der Waals surface area contributed by atoms with Crippen molar-refractivity contribution >= 4 is 21.9 Å². The number of carbonyl (C=O) groups excluding carboxylic acids is 1. The van der Waals surface area contributed by atoms with Gasteiger partial charge in [-0.2, -0.15) is 0 Å². The van der Waals surface area contributed by atoms with E-state index in [1.54, 1.807) is 18.2 Å². The van der Waals surface area contributed by atoms with Gasteiger partial charge in [0.05, 0.1) is 27.4 Å². The predicted octanol–water partition coefficient (Wildman–Crippen LogP) is 2.99. The van der Waals surface area contributed by atoms with E-state index in [-0.39, 0.29) is 0 Å².